The number of hydrogen-bond donors (Lipinski definition) is 2. The molecule has 112 valence electrons. The van der Waals surface area contributed by atoms with Crippen LogP contribution in [0.2, 0.25) is 0 Å². The summed E-state index contributed by atoms with van der Waals surface area (Å²) in [5, 5.41) is 6.96. The predicted octanol–water partition coefficient (Wildman–Crippen LogP) is 2.35. The largest absolute Gasteiger partial charge is 0.496 e. The highest BCUT2D eigenvalue weighted by Gasteiger charge is 2.17. The van der Waals surface area contributed by atoms with E-state index >= 15 is 0 Å². The number of benzene rings is 1. The van der Waals surface area contributed by atoms with Crippen molar-refractivity contribution < 1.29 is 9.53 Å². The molecule has 0 spiro atoms. The second-order valence-corrected chi connectivity index (χ2v) is 5.13. The zero-order valence-corrected chi connectivity index (χ0v) is 12.6. The van der Waals surface area contributed by atoms with Gasteiger partial charge in [0.15, 0.2) is 0 Å². The Balaban J connectivity index is 2.39. The zero-order valence-electron chi connectivity index (χ0n) is 12.6. The van der Waals surface area contributed by atoms with Gasteiger partial charge in [0.1, 0.15) is 17.0 Å². The van der Waals surface area contributed by atoms with Crippen molar-refractivity contribution in [1.82, 2.24) is 15.2 Å². The molecule has 0 bridgehead atoms. The minimum Gasteiger partial charge on any atom is -0.496 e. The van der Waals surface area contributed by atoms with Crippen LogP contribution in [0.15, 0.2) is 24.4 Å². The number of nitrogens with two attached hydrogens (primary N) is 1. The van der Waals surface area contributed by atoms with Crippen LogP contribution < -0.4 is 10.5 Å². The molecule has 22 heavy (non-hydrogen) atoms. The molecular formula is C16H16N4O2. The van der Waals surface area contributed by atoms with E-state index in [0.29, 0.717) is 5.52 Å². The minimum absolute atomic E-state index is 0.213. The molecule has 3 N–H and O–H groups in total. The smallest absolute Gasteiger partial charge is 0.267 e. The molecule has 0 aliphatic rings. The van der Waals surface area contributed by atoms with E-state index in [1.165, 1.54) is 0 Å². The number of ether oxygens (including phenoxy) is 1. The fourth-order valence-electron chi connectivity index (χ4n) is 2.72. The maximum absolute atomic E-state index is 11.5. The molecule has 0 atom stereocenters. The number of aryl methyl sites for hydroxylation is 1. The molecule has 0 saturated carbocycles. The summed E-state index contributed by atoms with van der Waals surface area (Å²) in [5.74, 6) is 0.216. The van der Waals surface area contributed by atoms with Gasteiger partial charge >= 0.3 is 0 Å². The first-order valence-electron chi connectivity index (χ1n) is 6.81. The van der Waals surface area contributed by atoms with Gasteiger partial charge in [0.05, 0.1) is 18.8 Å². The molecule has 0 fully saturated rings. The standard InChI is InChI=1S/C16H16N4O2/c1-8-4-5-13(22-3)9(2)14(8)10-6-11(16(17)21)19-12-7-18-20-15(10)12/h4-7H,1-3H3,(H2,17,21)(H,18,20). The number of carbonyl (C=O) groups excluding carboxylic acids is 1. The lowest BCUT2D eigenvalue weighted by Gasteiger charge is -2.15. The number of primary amides is 1. The second-order valence-electron chi connectivity index (χ2n) is 5.13. The molecule has 0 unspecified atom stereocenters. The maximum atomic E-state index is 11.5. The van der Waals surface area contributed by atoms with Gasteiger partial charge in [-0.2, -0.15) is 5.10 Å². The summed E-state index contributed by atoms with van der Waals surface area (Å²) >= 11 is 0. The van der Waals surface area contributed by atoms with Crippen LogP contribution in [-0.4, -0.2) is 28.2 Å². The zero-order chi connectivity index (χ0) is 15.9. The molecule has 0 radical (unpaired) electrons. The van der Waals surface area contributed by atoms with E-state index in [9.17, 15) is 4.79 Å². The topological polar surface area (TPSA) is 93.9 Å². The van der Waals surface area contributed by atoms with Crippen molar-refractivity contribution in [2.24, 2.45) is 5.73 Å². The number of aromatic amines is 1. The number of carbonyl (C=O) groups is 1. The predicted molar refractivity (Wildman–Crippen MR) is 83.9 cm³/mol. The van der Waals surface area contributed by atoms with Gasteiger partial charge in [0, 0.05) is 5.56 Å². The van der Waals surface area contributed by atoms with Gasteiger partial charge in [-0.05, 0) is 42.7 Å². The van der Waals surface area contributed by atoms with Gasteiger partial charge in [-0.1, -0.05) is 6.07 Å². The number of nitrogens with zero attached hydrogens (tertiary/aromatic N) is 2. The Hall–Kier alpha value is -2.89. The molecule has 1 amide bonds. The van der Waals surface area contributed by atoms with Crippen molar-refractivity contribution in [3.8, 4) is 16.9 Å². The first kappa shape index (κ1) is 14.1. The molecule has 3 rings (SSSR count). The number of aromatic nitrogens is 3. The molecule has 3 aromatic rings. The van der Waals surface area contributed by atoms with Crippen LogP contribution in [0.5, 0.6) is 5.75 Å². The third-order valence-corrected chi connectivity index (χ3v) is 3.78. The lowest BCUT2D eigenvalue weighted by atomic mass is 9.94. The molecule has 2 heterocycles. The lowest BCUT2D eigenvalue weighted by Crippen LogP contribution is -2.13. The summed E-state index contributed by atoms with van der Waals surface area (Å²) in [6.07, 6.45) is 1.58. The average Bonchev–Trinajstić information content (AvgIpc) is 2.95. The Morgan fingerprint density at radius 2 is 2.09 bits per heavy atom. The van der Waals surface area contributed by atoms with E-state index in [4.69, 9.17) is 10.5 Å². The fraction of sp³-hybridized carbons (Fsp3) is 0.188. The van der Waals surface area contributed by atoms with E-state index in [-0.39, 0.29) is 5.69 Å². The van der Waals surface area contributed by atoms with E-state index in [0.717, 1.165) is 33.5 Å². The number of methoxy groups -OCH3 is 1. The summed E-state index contributed by atoms with van der Waals surface area (Å²) < 4.78 is 5.40. The summed E-state index contributed by atoms with van der Waals surface area (Å²) in [7, 11) is 1.63. The molecule has 6 nitrogen and oxygen atoms in total. The van der Waals surface area contributed by atoms with Gasteiger partial charge in [-0.25, -0.2) is 4.98 Å². The van der Waals surface area contributed by atoms with Crippen molar-refractivity contribution in [1.29, 1.82) is 0 Å². The van der Waals surface area contributed by atoms with Crippen molar-refractivity contribution in [2.75, 3.05) is 7.11 Å². The Morgan fingerprint density at radius 1 is 1.32 bits per heavy atom. The molecule has 0 aliphatic carbocycles. The lowest BCUT2D eigenvalue weighted by molar-refractivity contribution is 0.0996. The van der Waals surface area contributed by atoms with Crippen LogP contribution >= 0.6 is 0 Å². The van der Waals surface area contributed by atoms with E-state index < -0.39 is 5.91 Å². The molecule has 2 aromatic heterocycles. The Kier molecular flexibility index (Phi) is 3.29. The van der Waals surface area contributed by atoms with Crippen LogP contribution in [0, 0.1) is 13.8 Å². The fourth-order valence-corrected chi connectivity index (χ4v) is 2.72. The number of hydrogen-bond acceptors (Lipinski definition) is 4. The normalized spacial score (nSPS) is 10.9. The highest BCUT2D eigenvalue weighted by atomic mass is 16.5. The van der Waals surface area contributed by atoms with E-state index in [2.05, 4.69) is 15.2 Å². The summed E-state index contributed by atoms with van der Waals surface area (Å²) in [4.78, 5) is 15.8. The van der Waals surface area contributed by atoms with Crippen molar-refractivity contribution >= 4 is 16.9 Å². The van der Waals surface area contributed by atoms with Crippen LogP contribution in [0.25, 0.3) is 22.2 Å². The second kappa shape index (κ2) is 5.14. The van der Waals surface area contributed by atoms with Crippen LogP contribution in [-0.2, 0) is 0 Å². The number of nitrogens with one attached hydrogen (secondary N) is 1. The van der Waals surface area contributed by atoms with Gasteiger partial charge < -0.3 is 10.5 Å². The van der Waals surface area contributed by atoms with Gasteiger partial charge in [-0.15, -0.1) is 0 Å². The first-order valence-corrected chi connectivity index (χ1v) is 6.81. The third kappa shape index (κ3) is 2.09. The monoisotopic (exact) mass is 296 g/mol. The SMILES string of the molecule is COc1ccc(C)c(-c2cc(C(N)=O)nc3cn[nH]c23)c1C. The Labute approximate surface area is 127 Å². The first-order chi connectivity index (χ1) is 10.5. The van der Waals surface area contributed by atoms with Crippen LogP contribution in [0.4, 0.5) is 0 Å². The Morgan fingerprint density at radius 3 is 2.77 bits per heavy atom. The molecule has 0 saturated heterocycles. The molecule has 1 aromatic carbocycles. The summed E-state index contributed by atoms with van der Waals surface area (Å²) in [5.41, 5.74) is 10.9. The van der Waals surface area contributed by atoms with Crippen LogP contribution in [0.1, 0.15) is 21.6 Å². The number of pyridine rings is 1. The number of amides is 1. The quantitative estimate of drug-likeness (QED) is 0.775. The van der Waals surface area contributed by atoms with Crippen molar-refractivity contribution in [3.05, 3.63) is 41.2 Å². The molecular weight excluding hydrogens is 280 g/mol. The van der Waals surface area contributed by atoms with Gasteiger partial charge in [-0.3, -0.25) is 9.89 Å². The van der Waals surface area contributed by atoms with Gasteiger partial charge in [0.25, 0.3) is 5.91 Å². The van der Waals surface area contributed by atoms with E-state index in [1.54, 1.807) is 19.4 Å². The Bertz CT molecular complexity index is 883. The van der Waals surface area contributed by atoms with Crippen LogP contribution in [0.3, 0.4) is 0 Å². The summed E-state index contributed by atoms with van der Waals surface area (Å²) in [6, 6.07) is 5.60. The number of rotatable bonds is 3. The maximum Gasteiger partial charge on any atom is 0.267 e. The highest BCUT2D eigenvalue weighted by molar-refractivity contribution is 6.00. The molecule has 6 heteroatoms. The minimum atomic E-state index is -0.567. The highest BCUT2D eigenvalue weighted by Crippen LogP contribution is 2.36. The number of H-pyrrole nitrogens is 1. The van der Waals surface area contributed by atoms with Gasteiger partial charge in [0.2, 0.25) is 0 Å². The third-order valence-electron chi connectivity index (χ3n) is 3.78. The average molecular weight is 296 g/mol. The van der Waals surface area contributed by atoms with Crippen molar-refractivity contribution in [2.45, 2.75) is 13.8 Å². The molecule has 0 aliphatic heterocycles. The van der Waals surface area contributed by atoms with Crippen molar-refractivity contribution in [3.63, 3.8) is 0 Å². The number of fused-ring (bicyclic) bond motifs is 1. The summed E-state index contributed by atoms with van der Waals surface area (Å²) in [6.45, 7) is 3.99. The van der Waals surface area contributed by atoms with E-state index in [1.807, 2.05) is 26.0 Å².